The molecule has 0 saturated heterocycles. The molecule has 0 radical (unpaired) electrons. The number of hydrogen-bond donors (Lipinski definition) is 1. The number of nitrogens with zero attached hydrogens (tertiary/aromatic N) is 3. The van der Waals surface area contributed by atoms with Crippen LogP contribution in [-0.4, -0.2) is 22.4 Å². The van der Waals surface area contributed by atoms with Gasteiger partial charge in [0.05, 0.1) is 22.8 Å². The van der Waals surface area contributed by atoms with Crippen LogP contribution in [0.2, 0.25) is 0 Å². The van der Waals surface area contributed by atoms with Gasteiger partial charge in [-0.25, -0.2) is 0 Å². The molecule has 82 valence electrons. The van der Waals surface area contributed by atoms with Crippen molar-refractivity contribution in [2.45, 2.75) is 31.8 Å². The molecule has 2 atom stereocenters. The van der Waals surface area contributed by atoms with Crippen LogP contribution in [0.25, 0.3) is 0 Å². The molecular weight excluding hydrogens is 256 g/mol. The topological polar surface area (TPSA) is 53.6 Å². The Labute approximate surface area is 98.4 Å². The molecule has 1 N–H and O–H groups in total. The van der Waals surface area contributed by atoms with Crippen LogP contribution < -0.4 is 5.32 Å². The molecule has 0 spiro atoms. The predicted molar refractivity (Wildman–Crippen MR) is 62.3 cm³/mol. The van der Waals surface area contributed by atoms with Gasteiger partial charge in [-0.1, -0.05) is 0 Å². The summed E-state index contributed by atoms with van der Waals surface area (Å²) in [6.45, 7) is 3.94. The summed E-state index contributed by atoms with van der Waals surface area (Å²) < 4.78 is 2.81. The maximum Gasteiger partial charge on any atom is 0.105 e. The Morgan fingerprint density at radius 2 is 2.47 bits per heavy atom. The summed E-state index contributed by atoms with van der Waals surface area (Å²) in [4.78, 5) is 0. The van der Waals surface area contributed by atoms with Crippen molar-refractivity contribution in [3.05, 3.63) is 16.9 Å². The lowest BCUT2D eigenvalue weighted by molar-refractivity contribution is 0.349. The summed E-state index contributed by atoms with van der Waals surface area (Å²) in [6.07, 6.45) is 4.38. The predicted octanol–water partition coefficient (Wildman–Crippen LogP) is 2.10. The van der Waals surface area contributed by atoms with Crippen LogP contribution in [0.3, 0.4) is 0 Å². The minimum atomic E-state index is -0.502. The average Bonchev–Trinajstić information content (AvgIpc) is 2.65. The molecule has 15 heavy (non-hydrogen) atoms. The number of rotatable bonds is 4. The van der Waals surface area contributed by atoms with Gasteiger partial charge in [-0.15, -0.1) is 0 Å². The zero-order valence-electron chi connectivity index (χ0n) is 9.16. The van der Waals surface area contributed by atoms with E-state index >= 15 is 0 Å². The molecule has 4 nitrogen and oxygen atoms in total. The number of hydrogen-bond acceptors (Lipinski definition) is 3. The molecule has 0 aliphatic carbocycles. The second-order valence-corrected chi connectivity index (χ2v) is 4.80. The van der Waals surface area contributed by atoms with Crippen LogP contribution in [0.1, 0.15) is 26.3 Å². The highest BCUT2D eigenvalue weighted by atomic mass is 79.9. The van der Waals surface area contributed by atoms with Crippen LogP contribution in [0.15, 0.2) is 16.9 Å². The van der Waals surface area contributed by atoms with Crippen LogP contribution >= 0.6 is 15.9 Å². The Balaban J connectivity index is 2.71. The fourth-order valence-corrected chi connectivity index (χ4v) is 1.75. The highest BCUT2D eigenvalue weighted by molar-refractivity contribution is 9.10. The minimum Gasteiger partial charge on any atom is -0.303 e. The van der Waals surface area contributed by atoms with Gasteiger partial charge < -0.3 is 5.32 Å². The first kappa shape index (κ1) is 12.2. The van der Waals surface area contributed by atoms with E-state index < -0.39 is 5.54 Å². The summed E-state index contributed by atoms with van der Waals surface area (Å²) in [6, 6.07) is 2.46. The van der Waals surface area contributed by atoms with E-state index in [1.54, 1.807) is 13.2 Å². The minimum absolute atomic E-state index is 0.188. The normalized spacial score (nSPS) is 16.7. The first-order valence-corrected chi connectivity index (χ1v) is 5.60. The monoisotopic (exact) mass is 270 g/mol. The van der Waals surface area contributed by atoms with Crippen LogP contribution in [-0.2, 0) is 0 Å². The Kier molecular flexibility index (Phi) is 3.89. The van der Waals surface area contributed by atoms with Gasteiger partial charge in [0.1, 0.15) is 5.54 Å². The first-order valence-electron chi connectivity index (χ1n) is 4.80. The molecule has 0 aliphatic rings. The smallest absolute Gasteiger partial charge is 0.105 e. The van der Waals surface area contributed by atoms with Crippen LogP contribution in [0, 0.1) is 11.3 Å². The van der Waals surface area contributed by atoms with Crippen LogP contribution in [0.4, 0.5) is 0 Å². The zero-order chi connectivity index (χ0) is 11.5. The molecule has 0 bridgehead atoms. The second-order valence-electron chi connectivity index (χ2n) is 3.89. The van der Waals surface area contributed by atoms with Crippen molar-refractivity contribution in [1.29, 1.82) is 5.26 Å². The zero-order valence-corrected chi connectivity index (χ0v) is 10.7. The molecule has 1 rings (SSSR count). The third-order valence-corrected chi connectivity index (χ3v) is 2.93. The number of nitrogens with one attached hydrogen (secondary N) is 1. The van der Waals surface area contributed by atoms with Crippen molar-refractivity contribution < 1.29 is 0 Å². The summed E-state index contributed by atoms with van der Waals surface area (Å²) in [5, 5.41) is 16.3. The van der Waals surface area contributed by atoms with E-state index in [2.05, 4.69) is 32.4 Å². The SMILES string of the molecule is CNC(C)(C#N)CC(C)n1cc(Br)cn1. The van der Waals surface area contributed by atoms with E-state index in [9.17, 15) is 0 Å². The van der Waals surface area contributed by atoms with Gasteiger partial charge in [0.25, 0.3) is 0 Å². The molecule has 0 aliphatic heterocycles. The summed E-state index contributed by atoms with van der Waals surface area (Å²) >= 11 is 3.35. The van der Waals surface area contributed by atoms with Gasteiger partial charge in [-0.05, 0) is 36.8 Å². The lowest BCUT2D eigenvalue weighted by Gasteiger charge is -2.24. The van der Waals surface area contributed by atoms with E-state index in [-0.39, 0.29) is 6.04 Å². The summed E-state index contributed by atoms with van der Waals surface area (Å²) in [5.74, 6) is 0. The van der Waals surface area contributed by atoms with Gasteiger partial charge in [0.2, 0.25) is 0 Å². The molecule has 0 amide bonds. The molecule has 1 heterocycles. The average molecular weight is 271 g/mol. The molecular formula is C10H15BrN4. The molecule has 0 saturated carbocycles. The Hall–Kier alpha value is -0.860. The fraction of sp³-hybridized carbons (Fsp3) is 0.600. The molecule has 0 aromatic carbocycles. The standard InChI is InChI=1S/C10H15BrN4/c1-8(4-10(2,7-12)13-3)15-6-9(11)5-14-15/h5-6,8,13H,4H2,1-3H3. The quantitative estimate of drug-likeness (QED) is 0.912. The van der Waals surface area contributed by atoms with E-state index in [1.165, 1.54) is 0 Å². The van der Waals surface area contributed by atoms with Crippen molar-refractivity contribution in [3.63, 3.8) is 0 Å². The Bertz CT molecular complexity index is 368. The summed E-state index contributed by atoms with van der Waals surface area (Å²) in [7, 11) is 1.80. The third kappa shape index (κ3) is 3.05. The second kappa shape index (κ2) is 4.77. The van der Waals surface area contributed by atoms with Gasteiger partial charge in [-0.2, -0.15) is 10.4 Å². The van der Waals surface area contributed by atoms with Gasteiger partial charge >= 0.3 is 0 Å². The molecule has 1 aromatic rings. The number of halogens is 1. The molecule has 0 fully saturated rings. The maximum atomic E-state index is 9.03. The molecule has 2 unspecified atom stereocenters. The van der Waals surface area contributed by atoms with Gasteiger partial charge in [0, 0.05) is 12.6 Å². The van der Waals surface area contributed by atoms with E-state index in [0.717, 1.165) is 4.47 Å². The van der Waals surface area contributed by atoms with E-state index in [4.69, 9.17) is 5.26 Å². The maximum absolute atomic E-state index is 9.03. The highest BCUT2D eigenvalue weighted by Gasteiger charge is 2.25. The Morgan fingerprint density at radius 1 is 1.80 bits per heavy atom. The van der Waals surface area contributed by atoms with Crippen LogP contribution in [0.5, 0.6) is 0 Å². The first-order chi connectivity index (χ1) is 7.00. The lowest BCUT2D eigenvalue weighted by atomic mass is 9.96. The highest BCUT2D eigenvalue weighted by Crippen LogP contribution is 2.20. The van der Waals surface area contributed by atoms with Crippen molar-refractivity contribution in [3.8, 4) is 6.07 Å². The molecule has 1 aromatic heterocycles. The third-order valence-electron chi connectivity index (χ3n) is 2.52. The van der Waals surface area contributed by atoms with Gasteiger partial charge in [-0.3, -0.25) is 4.68 Å². The lowest BCUT2D eigenvalue weighted by Crippen LogP contribution is -2.40. The van der Waals surface area contributed by atoms with Crippen molar-refractivity contribution in [2.75, 3.05) is 7.05 Å². The molecule has 5 heteroatoms. The van der Waals surface area contributed by atoms with E-state index in [1.807, 2.05) is 24.7 Å². The number of aromatic nitrogens is 2. The van der Waals surface area contributed by atoms with Crippen molar-refractivity contribution >= 4 is 15.9 Å². The fourth-order valence-electron chi connectivity index (χ4n) is 1.44. The van der Waals surface area contributed by atoms with Gasteiger partial charge in [0.15, 0.2) is 0 Å². The van der Waals surface area contributed by atoms with Crippen molar-refractivity contribution in [2.24, 2.45) is 0 Å². The summed E-state index contributed by atoms with van der Waals surface area (Å²) in [5.41, 5.74) is -0.502. The number of nitriles is 1. The van der Waals surface area contributed by atoms with Crippen molar-refractivity contribution in [1.82, 2.24) is 15.1 Å². The Morgan fingerprint density at radius 3 is 2.87 bits per heavy atom. The van der Waals surface area contributed by atoms with E-state index in [0.29, 0.717) is 6.42 Å². The largest absolute Gasteiger partial charge is 0.303 e.